The third kappa shape index (κ3) is 3.91. The number of hydrogen-bond donors (Lipinski definition) is 1. The maximum absolute atomic E-state index is 13.1. The molecule has 0 aliphatic carbocycles. The minimum atomic E-state index is -4.53. The third-order valence-electron chi connectivity index (χ3n) is 6.31. The van der Waals surface area contributed by atoms with Crippen LogP contribution in [0.15, 0.2) is 48.9 Å². The Kier molecular flexibility index (Phi) is 5.11. The van der Waals surface area contributed by atoms with Crippen molar-refractivity contribution in [1.82, 2.24) is 19.5 Å². The van der Waals surface area contributed by atoms with Crippen molar-refractivity contribution in [2.45, 2.75) is 50.4 Å². The van der Waals surface area contributed by atoms with E-state index in [1.54, 1.807) is 12.1 Å². The van der Waals surface area contributed by atoms with Crippen molar-refractivity contribution in [3.63, 3.8) is 0 Å². The molecule has 9 nitrogen and oxygen atoms in total. The molecule has 0 amide bonds. The van der Waals surface area contributed by atoms with Crippen LogP contribution in [0.4, 0.5) is 19.0 Å². The van der Waals surface area contributed by atoms with Gasteiger partial charge in [0.25, 0.3) is 0 Å². The Morgan fingerprint density at radius 3 is 2.67 bits per heavy atom. The van der Waals surface area contributed by atoms with Crippen LogP contribution in [0, 0.1) is 0 Å². The van der Waals surface area contributed by atoms with Crippen LogP contribution < -0.4 is 10.5 Å². The number of nitrogens with two attached hydrogens (primary N) is 1. The molecule has 2 saturated heterocycles. The average molecular weight is 501 g/mol. The van der Waals surface area contributed by atoms with E-state index >= 15 is 0 Å². The van der Waals surface area contributed by atoms with Crippen LogP contribution in [-0.2, 0) is 20.4 Å². The fourth-order valence-electron chi connectivity index (χ4n) is 4.74. The number of anilines is 1. The van der Waals surface area contributed by atoms with Crippen molar-refractivity contribution in [1.29, 1.82) is 0 Å². The van der Waals surface area contributed by atoms with Crippen LogP contribution in [0.25, 0.3) is 21.9 Å². The number of aromatic nitrogens is 4. The lowest BCUT2D eigenvalue weighted by Gasteiger charge is -2.25. The topological polar surface area (TPSA) is 107 Å². The number of fused-ring (bicyclic) bond motifs is 3. The summed E-state index contributed by atoms with van der Waals surface area (Å²) in [6, 6.07) is 8.96. The van der Waals surface area contributed by atoms with Crippen molar-refractivity contribution in [3.8, 4) is 5.75 Å². The lowest BCUT2D eigenvalue weighted by atomic mass is 10.1. The van der Waals surface area contributed by atoms with Gasteiger partial charge in [-0.3, -0.25) is 0 Å². The third-order valence-corrected chi connectivity index (χ3v) is 6.31. The van der Waals surface area contributed by atoms with Gasteiger partial charge in [-0.1, -0.05) is 6.07 Å². The molecule has 0 bridgehead atoms. The van der Waals surface area contributed by atoms with Crippen molar-refractivity contribution < 1.29 is 32.1 Å². The monoisotopic (exact) mass is 501 g/mol. The number of pyridine rings is 1. The summed E-state index contributed by atoms with van der Waals surface area (Å²) in [6.45, 7) is 3.72. The lowest BCUT2D eigenvalue weighted by molar-refractivity contribution is -0.198. The molecule has 2 aliphatic rings. The number of ether oxygens (including phenoxy) is 4. The molecule has 0 unspecified atom stereocenters. The largest absolute Gasteiger partial charge is 0.491 e. The number of nitrogens with zero attached hydrogens (tertiary/aromatic N) is 4. The fourth-order valence-corrected chi connectivity index (χ4v) is 4.74. The SMILES string of the molecule is CC1(C)O[C@@H]2[C@H](O1)[C@@H](COc1ccc3ccc(C(F)(F)F)nc3c1)O[C@H]2n1ccc2c(N)ncnc21. The van der Waals surface area contributed by atoms with E-state index in [4.69, 9.17) is 24.7 Å². The predicted molar refractivity (Wildman–Crippen MR) is 122 cm³/mol. The number of rotatable bonds is 4. The number of benzene rings is 1. The minimum absolute atomic E-state index is 0.0812. The maximum atomic E-state index is 13.1. The molecule has 2 N–H and O–H groups in total. The molecule has 0 radical (unpaired) electrons. The van der Waals surface area contributed by atoms with Crippen molar-refractivity contribution in [2.75, 3.05) is 12.3 Å². The van der Waals surface area contributed by atoms with Gasteiger partial charge in [-0.05, 0) is 38.1 Å². The average Bonchev–Trinajstić information content (AvgIpc) is 3.48. The van der Waals surface area contributed by atoms with Crippen molar-refractivity contribution in [2.24, 2.45) is 0 Å². The molecule has 12 heteroatoms. The highest BCUT2D eigenvalue weighted by Gasteiger charge is 2.56. The Bertz CT molecular complexity index is 1460. The van der Waals surface area contributed by atoms with Gasteiger partial charge in [-0.25, -0.2) is 15.0 Å². The van der Waals surface area contributed by atoms with Gasteiger partial charge in [0.15, 0.2) is 12.0 Å². The van der Waals surface area contributed by atoms with Crippen LogP contribution in [-0.4, -0.2) is 50.2 Å². The highest BCUT2D eigenvalue weighted by atomic mass is 19.4. The quantitative estimate of drug-likeness (QED) is 0.446. The molecule has 4 atom stereocenters. The van der Waals surface area contributed by atoms with Gasteiger partial charge in [-0.15, -0.1) is 0 Å². The smallest absolute Gasteiger partial charge is 0.433 e. The Hall–Kier alpha value is -3.48. The van der Waals surface area contributed by atoms with E-state index in [0.717, 1.165) is 6.07 Å². The Morgan fingerprint density at radius 1 is 1.08 bits per heavy atom. The molecule has 5 heterocycles. The molecule has 2 fully saturated rings. The van der Waals surface area contributed by atoms with Gasteiger partial charge in [0, 0.05) is 17.6 Å². The summed E-state index contributed by atoms with van der Waals surface area (Å²) in [5.41, 5.74) is 5.80. The maximum Gasteiger partial charge on any atom is 0.433 e. The molecule has 1 aromatic carbocycles. The van der Waals surface area contributed by atoms with E-state index < -0.39 is 42.2 Å². The minimum Gasteiger partial charge on any atom is -0.491 e. The lowest BCUT2D eigenvalue weighted by Crippen LogP contribution is -2.33. The van der Waals surface area contributed by atoms with Gasteiger partial charge in [-0.2, -0.15) is 13.2 Å². The van der Waals surface area contributed by atoms with E-state index in [-0.39, 0.29) is 12.1 Å². The van der Waals surface area contributed by atoms with Crippen LogP contribution in [0.1, 0.15) is 25.8 Å². The Balaban J connectivity index is 1.26. The molecule has 0 spiro atoms. The van der Waals surface area contributed by atoms with Gasteiger partial charge >= 0.3 is 6.18 Å². The van der Waals surface area contributed by atoms with E-state index in [0.29, 0.717) is 28.0 Å². The Labute approximate surface area is 202 Å². The number of halogens is 3. The summed E-state index contributed by atoms with van der Waals surface area (Å²) in [4.78, 5) is 12.1. The van der Waals surface area contributed by atoms with Gasteiger partial charge in [0.05, 0.1) is 10.9 Å². The zero-order chi connectivity index (χ0) is 25.2. The second-order valence-electron chi connectivity index (χ2n) is 9.21. The van der Waals surface area contributed by atoms with Crippen LogP contribution >= 0.6 is 0 Å². The van der Waals surface area contributed by atoms with E-state index in [9.17, 15) is 13.2 Å². The molecule has 0 saturated carbocycles. The molecule has 2 aliphatic heterocycles. The zero-order valence-electron chi connectivity index (χ0n) is 19.3. The molecule has 4 aromatic rings. The van der Waals surface area contributed by atoms with E-state index in [1.165, 1.54) is 18.5 Å². The highest BCUT2D eigenvalue weighted by molar-refractivity contribution is 5.86. The summed E-state index contributed by atoms with van der Waals surface area (Å²) >= 11 is 0. The zero-order valence-corrected chi connectivity index (χ0v) is 19.3. The summed E-state index contributed by atoms with van der Waals surface area (Å²) in [6.07, 6.45) is -3.33. The van der Waals surface area contributed by atoms with Crippen molar-refractivity contribution in [3.05, 3.63) is 54.6 Å². The first kappa shape index (κ1) is 23.0. The summed E-state index contributed by atoms with van der Waals surface area (Å²) in [7, 11) is 0. The Morgan fingerprint density at radius 2 is 1.86 bits per heavy atom. The number of hydrogen-bond acceptors (Lipinski definition) is 8. The first-order chi connectivity index (χ1) is 17.1. The van der Waals surface area contributed by atoms with E-state index in [1.807, 2.05) is 30.7 Å². The van der Waals surface area contributed by atoms with Gasteiger partial charge < -0.3 is 29.2 Å². The standard InChI is InChI=1S/C24H22F3N5O4/c1-23(2)35-18-16(10-33-13-5-3-12-4-6-17(24(25,26)27)31-15(12)9-13)34-22(19(18)36-23)32-8-7-14-20(28)29-11-30-21(14)32/h3-9,11,16,18-19,22H,10H2,1-2H3,(H2,28,29,30)/t16-,18-,19-,22-/m1/s1. The first-order valence-corrected chi connectivity index (χ1v) is 11.3. The molecular formula is C24H22F3N5O4. The second-order valence-corrected chi connectivity index (χ2v) is 9.21. The summed E-state index contributed by atoms with van der Waals surface area (Å²) in [5, 5.41) is 1.26. The highest BCUT2D eigenvalue weighted by Crippen LogP contribution is 2.44. The molecule has 188 valence electrons. The number of nitrogen functional groups attached to an aromatic ring is 1. The van der Waals surface area contributed by atoms with Crippen LogP contribution in [0.3, 0.4) is 0 Å². The molecule has 36 heavy (non-hydrogen) atoms. The normalized spacial score (nSPS) is 25.5. The summed E-state index contributed by atoms with van der Waals surface area (Å²) in [5.74, 6) is -0.119. The molecular weight excluding hydrogens is 479 g/mol. The second kappa shape index (κ2) is 8.02. The van der Waals surface area contributed by atoms with Gasteiger partial charge in [0.2, 0.25) is 0 Å². The first-order valence-electron chi connectivity index (χ1n) is 11.3. The number of alkyl halides is 3. The van der Waals surface area contributed by atoms with Crippen molar-refractivity contribution >= 4 is 27.8 Å². The van der Waals surface area contributed by atoms with Gasteiger partial charge in [0.1, 0.15) is 54.2 Å². The predicted octanol–water partition coefficient (Wildman–Crippen LogP) is 4.08. The van der Waals surface area contributed by atoms with E-state index in [2.05, 4.69) is 15.0 Å². The van der Waals surface area contributed by atoms with Crippen LogP contribution in [0.2, 0.25) is 0 Å². The molecule has 6 rings (SSSR count). The fraction of sp³-hybridized carbons (Fsp3) is 0.375. The molecule has 3 aromatic heterocycles. The van der Waals surface area contributed by atoms with Crippen LogP contribution in [0.5, 0.6) is 5.75 Å². The summed E-state index contributed by atoms with van der Waals surface area (Å²) < 4.78 is 65.6.